The SMILES string of the molecule is Cl.N[C@@H](CCF)c1ccc(Br)cc1. The lowest BCUT2D eigenvalue weighted by Crippen LogP contribution is -2.10. The van der Waals surface area contributed by atoms with Crippen molar-refractivity contribution in [2.24, 2.45) is 5.73 Å². The summed E-state index contributed by atoms with van der Waals surface area (Å²) in [5.41, 5.74) is 6.68. The summed E-state index contributed by atoms with van der Waals surface area (Å²) in [6.45, 7) is -0.364. The highest BCUT2D eigenvalue weighted by atomic mass is 79.9. The molecule has 0 radical (unpaired) electrons. The second-order valence-corrected chi connectivity index (χ2v) is 3.55. The molecule has 0 aliphatic rings. The third kappa shape index (κ3) is 4.07. The van der Waals surface area contributed by atoms with Gasteiger partial charge < -0.3 is 5.73 Å². The summed E-state index contributed by atoms with van der Waals surface area (Å²) in [5, 5.41) is 0. The molecule has 0 aliphatic heterocycles. The van der Waals surface area contributed by atoms with Gasteiger partial charge in [0.1, 0.15) is 0 Å². The number of alkyl halides is 1. The van der Waals surface area contributed by atoms with Crippen LogP contribution in [0.3, 0.4) is 0 Å². The molecule has 1 rings (SSSR count). The lowest BCUT2D eigenvalue weighted by Gasteiger charge is -2.08. The van der Waals surface area contributed by atoms with Gasteiger partial charge in [-0.05, 0) is 24.1 Å². The Balaban J connectivity index is 0.00000144. The van der Waals surface area contributed by atoms with Crippen molar-refractivity contribution < 1.29 is 4.39 Å². The van der Waals surface area contributed by atoms with Gasteiger partial charge in [0.25, 0.3) is 0 Å². The molecule has 1 aromatic carbocycles. The number of hydrogen-bond acceptors (Lipinski definition) is 1. The third-order valence-electron chi connectivity index (χ3n) is 1.72. The molecule has 1 aromatic rings. The van der Waals surface area contributed by atoms with E-state index in [4.69, 9.17) is 5.73 Å². The molecule has 13 heavy (non-hydrogen) atoms. The van der Waals surface area contributed by atoms with Gasteiger partial charge in [-0.25, -0.2) is 0 Å². The van der Waals surface area contributed by atoms with E-state index in [0.29, 0.717) is 6.42 Å². The lowest BCUT2D eigenvalue weighted by atomic mass is 10.1. The van der Waals surface area contributed by atoms with E-state index in [9.17, 15) is 4.39 Å². The molecule has 0 fully saturated rings. The van der Waals surface area contributed by atoms with Crippen molar-refractivity contribution in [3.05, 3.63) is 34.3 Å². The second kappa shape index (κ2) is 6.35. The van der Waals surface area contributed by atoms with Gasteiger partial charge in [0.15, 0.2) is 0 Å². The maximum absolute atomic E-state index is 11.9. The average Bonchev–Trinajstić information content (AvgIpc) is 2.06. The van der Waals surface area contributed by atoms with Gasteiger partial charge in [-0.2, -0.15) is 0 Å². The molecule has 0 saturated carbocycles. The van der Waals surface area contributed by atoms with Crippen LogP contribution in [0.2, 0.25) is 0 Å². The van der Waals surface area contributed by atoms with E-state index in [1.165, 1.54) is 0 Å². The number of hydrogen-bond donors (Lipinski definition) is 1. The maximum atomic E-state index is 11.9. The molecule has 0 aliphatic carbocycles. The Labute approximate surface area is 92.1 Å². The number of nitrogens with two attached hydrogens (primary N) is 1. The molecule has 2 N–H and O–H groups in total. The van der Waals surface area contributed by atoms with Gasteiger partial charge in [-0.3, -0.25) is 4.39 Å². The van der Waals surface area contributed by atoms with E-state index in [2.05, 4.69) is 15.9 Å². The summed E-state index contributed by atoms with van der Waals surface area (Å²) in [4.78, 5) is 0. The van der Waals surface area contributed by atoms with Crippen LogP contribution in [0.4, 0.5) is 4.39 Å². The zero-order valence-corrected chi connectivity index (χ0v) is 9.44. The van der Waals surface area contributed by atoms with Crippen LogP contribution < -0.4 is 5.73 Å². The normalized spacial score (nSPS) is 11.9. The van der Waals surface area contributed by atoms with E-state index in [1.54, 1.807) is 0 Å². The first kappa shape index (κ1) is 12.9. The van der Waals surface area contributed by atoms with Gasteiger partial charge in [0.2, 0.25) is 0 Å². The molecular formula is C9H12BrClFN. The average molecular weight is 269 g/mol. The molecule has 1 atom stereocenters. The summed E-state index contributed by atoms with van der Waals surface area (Å²) < 4.78 is 12.9. The van der Waals surface area contributed by atoms with Crippen LogP contribution in [0.1, 0.15) is 18.0 Å². The molecule has 0 bridgehead atoms. The zero-order valence-electron chi connectivity index (χ0n) is 7.04. The summed E-state index contributed by atoms with van der Waals surface area (Å²) >= 11 is 3.32. The van der Waals surface area contributed by atoms with Crippen LogP contribution >= 0.6 is 28.3 Å². The Morgan fingerprint density at radius 3 is 2.31 bits per heavy atom. The fourth-order valence-electron chi connectivity index (χ4n) is 0.994. The van der Waals surface area contributed by atoms with Crippen molar-refractivity contribution >= 4 is 28.3 Å². The molecule has 0 heterocycles. The fourth-order valence-corrected chi connectivity index (χ4v) is 1.26. The van der Waals surface area contributed by atoms with Gasteiger partial charge in [0.05, 0.1) is 6.67 Å². The van der Waals surface area contributed by atoms with Crippen LogP contribution in [-0.2, 0) is 0 Å². The molecule has 0 amide bonds. The summed E-state index contributed by atoms with van der Waals surface area (Å²) in [5.74, 6) is 0. The lowest BCUT2D eigenvalue weighted by molar-refractivity contribution is 0.442. The minimum absolute atomic E-state index is 0. The molecule has 74 valence electrons. The highest BCUT2D eigenvalue weighted by molar-refractivity contribution is 9.10. The van der Waals surface area contributed by atoms with Gasteiger partial charge in [0, 0.05) is 10.5 Å². The Morgan fingerprint density at radius 2 is 1.85 bits per heavy atom. The molecular weight excluding hydrogens is 256 g/mol. The maximum Gasteiger partial charge on any atom is 0.0912 e. The van der Waals surface area contributed by atoms with Crippen LogP contribution in [0.5, 0.6) is 0 Å². The Kier molecular flexibility index (Phi) is 6.29. The van der Waals surface area contributed by atoms with Gasteiger partial charge in [-0.15, -0.1) is 12.4 Å². The van der Waals surface area contributed by atoms with E-state index < -0.39 is 0 Å². The molecule has 0 unspecified atom stereocenters. The first-order valence-electron chi connectivity index (χ1n) is 3.81. The van der Waals surface area contributed by atoms with Crippen molar-refractivity contribution in [1.82, 2.24) is 0 Å². The summed E-state index contributed by atoms with van der Waals surface area (Å²) in [6, 6.07) is 7.46. The Hall–Kier alpha value is -0.120. The number of rotatable bonds is 3. The topological polar surface area (TPSA) is 26.0 Å². The minimum atomic E-state index is -0.364. The van der Waals surface area contributed by atoms with Gasteiger partial charge in [-0.1, -0.05) is 28.1 Å². The molecule has 0 saturated heterocycles. The van der Waals surface area contributed by atoms with Crippen molar-refractivity contribution in [3.63, 3.8) is 0 Å². The van der Waals surface area contributed by atoms with Crippen molar-refractivity contribution in [2.45, 2.75) is 12.5 Å². The molecule has 1 nitrogen and oxygen atoms in total. The number of benzene rings is 1. The van der Waals surface area contributed by atoms with E-state index in [-0.39, 0.29) is 25.1 Å². The zero-order chi connectivity index (χ0) is 8.97. The summed E-state index contributed by atoms with van der Waals surface area (Å²) in [7, 11) is 0. The monoisotopic (exact) mass is 267 g/mol. The smallest absolute Gasteiger partial charge is 0.0912 e. The van der Waals surface area contributed by atoms with Gasteiger partial charge >= 0.3 is 0 Å². The van der Waals surface area contributed by atoms with Crippen LogP contribution in [0, 0.1) is 0 Å². The Bertz CT molecular complexity index is 240. The van der Waals surface area contributed by atoms with Crippen molar-refractivity contribution in [2.75, 3.05) is 6.67 Å². The fraction of sp³-hybridized carbons (Fsp3) is 0.333. The highest BCUT2D eigenvalue weighted by Gasteiger charge is 2.04. The predicted octanol–water partition coefficient (Wildman–Crippen LogP) is 3.23. The quantitative estimate of drug-likeness (QED) is 0.895. The largest absolute Gasteiger partial charge is 0.324 e. The highest BCUT2D eigenvalue weighted by Crippen LogP contribution is 2.17. The standard InChI is InChI=1S/C9H11BrFN.ClH/c10-8-3-1-7(2-4-8)9(12)5-6-11;/h1-4,9H,5-6,12H2;1H/t9-;/m0./s1. The van der Waals surface area contributed by atoms with E-state index >= 15 is 0 Å². The first-order chi connectivity index (χ1) is 5.74. The van der Waals surface area contributed by atoms with Crippen molar-refractivity contribution in [1.29, 1.82) is 0 Å². The molecule has 0 aromatic heterocycles. The minimum Gasteiger partial charge on any atom is -0.324 e. The second-order valence-electron chi connectivity index (χ2n) is 2.64. The number of halogens is 3. The van der Waals surface area contributed by atoms with Crippen LogP contribution in [0.15, 0.2) is 28.7 Å². The van der Waals surface area contributed by atoms with E-state index in [1.807, 2.05) is 24.3 Å². The van der Waals surface area contributed by atoms with Crippen molar-refractivity contribution in [3.8, 4) is 0 Å². The Morgan fingerprint density at radius 1 is 1.31 bits per heavy atom. The van der Waals surface area contributed by atoms with E-state index in [0.717, 1.165) is 10.0 Å². The van der Waals surface area contributed by atoms with Crippen LogP contribution in [0.25, 0.3) is 0 Å². The predicted molar refractivity (Wildman–Crippen MR) is 58.9 cm³/mol. The van der Waals surface area contributed by atoms with Crippen LogP contribution in [-0.4, -0.2) is 6.67 Å². The third-order valence-corrected chi connectivity index (χ3v) is 2.25. The summed E-state index contributed by atoms with van der Waals surface area (Å²) in [6.07, 6.45) is 0.391. The molecule has 0 spiro atoms. The first-order valence-corrected chi connectivity index (χ1v) is 4.60. The molecule has 4 heteroatoms.